The second-order valence-corrected chi connectivity index (χ2v) is 7.99. The quantitative estimate of drug-likeness (QED) is 0.249. The number of H-pyrrole nitrogens is 2. The Morgan fingerprint density at radius 1 is 0.750 bits per heavy atom. The van der Waals surface area contributed by atoms with Crippen LogP contribution >= 0.6 is 0 Å². The zero-order chi connectivity index (χ0) is 22.2. The van der Waals surface area contributed by atoms with Gasteiger partial charge in [0.15, 0.2) is 5.78 Å². The molecule has 0 bridgehead atoms. The summed E-state index contributed by atoms with van der Waals surface area (Å²) in [5.74, 6) is 0.683. The van der Waals surface area contributed by atoms with Crippen LogP contribution in [-0.4, -0.2) is 22.9 Å². The number of carbonyl (C=O) groups excluding carboxylic acids is 1. The highest BCUT2D eigenvalue weighted by atomic mass is 16.5. The zero-order valence-electron chi connectivity index (χ0n) is 18.3. The molecule has 4 nitrogen and oxygen atoms in total. The maximum atomic E-state index is 13.4. The summed E-state index contributed by atoms with van der Waals surface area (Å²) in [6.07, 6.45) is 1.77. The van der Waals surface area contributed by atoms with Crippen LogP contribution in [0.25, 0.3) is 27.4 Å². The van der Waals surface area contributed by atoms with Gasteiger partial charge in [0, 0.05) is 49.9 Å². The van der Waals surface area contributed by atoms with Crippen molar-refractivity contribution in [1.82, 2.24) is 9.97 Å². The number of benzene rings is 3. The summed E-state index contributed by atoms with van der Waals surface area (Å²) in [5, 5.41) is 2.20. The molecular weight excluding hydrogens is 396 g/mol. The van der Waals surface area contributed by atoms with Gasteiger partial charge in [-0.25, -0.2) is 0 Å². The number of methoxy groups -OCH3 is 1. The third-order valence-electron chi connectivity index (χ3n) is 5.98. The number of aryl methyl sites for hydroxylation is 2. The lowest BCUT2D eigenvalue weighted by Crippen LogP contribution is -1.99. The van der Waals surface area contributed by atoms with Crippen LogP contribution in [0, 0.1) is 13.8 Å². The summed E-state index contributed by atoms with van der Waals surface area (Å²) >= 11 is 0. The predicted molar refractivity (Wildman–Crippen MR) is 130 cm³/mol. The summed E-state index contributed by atoms with van der Waals surface area (Å²) in [6, 6.07) is 23.7. The van der Waals surface area contributed by atoms with Crippen molar-refractivity contribution < 1.29 is 9.53 Å². The minimum atomic E-state index is -0.0444. The van der Waals surface area contributed by atoms with Gasteiger partial charge in [-0.1, -0.05) is 36.4 Å². The Labute approximate surface area is 186 Å². The molecule has 32 heavy (non-hydrogen) atoms. The fourth-order valence-corrected chi connectivity index (χ4v) is 4.49. The van der Waals surface area contributed by atoms with Crippen molar-refractivity contribution in [3.63, 3.8) is 0 Å². The first-order valence-corrected chi connectivity index (χ1v) is 10.6. The van der Waals surface area contributed by atoms with Gasteiger partial charge in [-0.15, -0.1) is 0 Å². The van der Waals surface area contributed by atoms with E-state index >= 15 is 0 Å². The fourth-order valence-electron chi connectivity index (χ4n) is 4.49. The fraction of sp³-hybridized carbons (Fsp3) is 0.107. The number of nitrogens with one attached hydrogen (secondary N) is 2. The third-order valence-corrected chi connectivity index (χ3v) is 5.98. The number of carbonyl (C=O) groups is 1. The smallest absolute Gasteiger partial charge is 0.186 e. The van der Waals surface area contributed by atoms with E-state index in [2.05, 4.69) is 48.1 Å². The summed E-state index contributed by atoms with van der Waals surface area (Å²) in [4.78, 5) is 20.4. The van der Waals surface area contributed by atoms with Crippen molar-refractivity contribution in [2.24, 2.45) is 0 Å². The molecule has 158 valence electrons. The normalized spacial score (nSPS) is 11.1. The SMILES string of the molecule is COc1ccc(C(=O)C=C(c2c(C)[nH]c3ccccc23)c2c(C)[nH]c3ccccc23)cc1. The van der Waals surface area contributed by atoms with E-state index in [1.807, 2.05) is 36.4 Å². The predicted octanol–water partition coefficient (Wildman–Crippen LogP) is 6.59. The van der Waals surface area contributed by atoms with Crippen molar-refractivity contribution in [3.8, 4) is 5.75 Å². The topological polar surface area (TPSA) is 57.9 Å². The number of ether oxygens (including phenoxy) is 1. The number of para-hydroxylation sites is 2. The van der Waals surface area contributed by atoms with Crippen LogP contribution in [0.15, 0.2) is 78.9 Å². The average Bonchev–Trinajstić information content (AvgIpc) is 3.32. The highest BCUT2D eigenvalue weighted by Crippen LogP contribution is 2.38. The Bertz CT molecular complexity index is 1400. The van der Waals surface area contributed by atoms with Gasteiger partial charge in [0.05, 0.1) is 7.11 Å². The maximum Gasteiger partial charge on any atom is 0.186 e. The first kappa shape index (κ1) is 19.9. The first-order chi connectivity index (χ1) is 15.6. The van der Waals surface area contributed by atoms with Gasteiger partial charge in [0.1, 0.15) is 5.75 Å². The molecule has 2 aromatic heterocycles. The van der Waals surface area contributed by atoms with E-state index in [0.29, 0.717) is 5.56 Å². The molecule has 0 aliphatic carbocycles. The second kappa shape index (κ2) is 7.89. The van der Waals surface area contributed by atoms with E-state index in [4.69, 9.17) is 4.74 Å². The number of aromatic amines is 2. The van der Waals surface area contributed by atoms with E-state index in [1.54, 1.807) is 25.3 Å². The van der Waals surface area contributed by atoms with Crippen LogP contribution in [-0.2, 0) is 0 Å². The van der Waals surface area contributed by atoms with Crippen LogP contribution in [0.4, 0.5) is 0 Å². The standard InChI is InChI=1S/C28H24N2O2/c1-17-27(21-8-4-6-10-24(21)29-17)23(16-26(31)19-12-14-20(32-3)15-13-19)28-18(2)30-25-11-7-5-9-22(25)28/h4-16,29-30H,1-3H3. The molecule has 2 heterocycles. The van der Waals surface area contributed by atoms with Gasteiger partial charge in [-0.05, 0) is 61.9 Å². The molecule has 0 aliphatic heterocycles. The lowest BCUT2D eigenvalue weighted by Gasteiger charge is -2.11. The molecule has 0 amide bonds. The van der Waals surface area contributed by atoms with Crippen LogP contribution in [0.2, 0.25) is 0 Å². The van der Waals surface area contributed by atoms with Gasteiger partial charge >= 0.3 is 0 Å². The highest BCUT2D eigenvalue weighted by molar-refractivity contribution is 6.15. The van der Waals surface area contributed by atoms with Gasteiger partial charge in [-0.2, -0.15) is 0 Å². The highest BCUT2D eigenvalue weighted by Gasteiger charge is 2.21. The summed E-state index contributed by atoms with van der Waals surface area (Å²) in [5.41, 5.74) is 7.81. The van der Waals surface area contributed by atoms with E-state index in [9.17, 15) is 4.79 Å². The van der Waals surface area contributed by atoms with E-state index in [0.717, 1.165) is 55.6 Å². The molecule has 5 aromatic rings. The monoisotopic (exact) mass is 420 g/mol. The number of allylic oxidation sites excluding steroid dienone is 1. The van der Waals surface area contributed by atoms with Crippen molar-refractivity contribution in [2.45, 2.75) is 13.8 Å². The van der Waals surface area contributed by atoms with Gasteiger partial charge in [0.2, 0.25) is 0 Å². The number of ketones is 1. The molecule has 3 aromatic carbocycles. The van der Waals surface area contributed by atoms with Crippen LogP contribution in [0.5, 0.6) is 5.75 Å². The van der Waals surface area contributed by atoms with Crippen LogP contribution in [0.3, 0.4) is 0 Å². The van der Waals surface area contributed by atoms with Gasteiger partial charge in [0.25, 0.3) is 0 Å². The molecule has 5 rings (SSSR count). The van der Waals surface area contributed by atoms with Crippen LogP contribution < -0.4 is 4.74 Å². The Hall–Kier alpha value is -4.05. The number of hydrogen-bond acceptors (Lipinski definition) is 2. The lowest BCUT2D eigenvalue weighted by molar-refractivity contribution is 0.104. The Morgan fingerprint density at radius 2 is 1.25 bits per heavy atom. The van der Waals surface area contributed by atoms with E-state index < -0.39 is 0 Å². The number of aromatic nitrogens is 2. The molecule has 0 spiro atoms. The molecular formula is C28H24N2O2. The van der Waals surface area contributed by atoms with Gasteiger partial charge < -0.3 is 14.7 Å². The summed E-state index contributed by atoms with van der Waals surface area (Å²) in [7, 11) is 1.62. The Morgan fingerprint density at radius 3 is 1.75 bits per heavy atom. The average molecular weight is 421 g/mol. The molecule has 0 saturated heterocycles. The molecule has 0 unspecified atom stereocenters. The zero-order valence-corrected chi connectivity index (χ0v) is 18.3. The summed E-state index contributed by atoms with van der Waals surface area (Å²) in [6.45, 7) is 4.12. The second-order valence-electron chi connectivity index (χ2n) is 7.99. The van der Waals surface area contributed by atoms with Gasteiger partial charge in [-0.3, -0.25) is 4.79 Å². The van der Waals surface area contributed by atoms with E-state index in [-0.39, 0.29) is 5.78 Å². The Balaban J connectivity index is 1.77. The number of rotatable bonds is 5. The molecule has 0 fully saturated rings. The largest absolute Gasteiger partial charge is 0.497 e. The lowest BCUT2D eigenvalue weighted by atomic mass is 9.91. The molecule has 0 atom stereocenters. The minimum absolute atomic E-state index is 0.0444. The van der Waals surface area contributed by atoms with E-state index in [1.165, 1.54) is 0 Å². The molecule has 0 saturated carbocycles. The maximum absolute atomic E-state index is 13.4. The Kier molecular flexibility index (Phi) is 4.91. The van der Waals surface area contributed by atoms with Crippen molar-refractivity contribution in [2.75, 3.05) is 7.11 Å². The first-order valence-electron chi connectivity index (χ1n) is 10.6. The third kappa shape index (κ3) is 3.30. The molecule has 0 aliphatic rings. The van der Waals surface area contributed by atoms with Crippen LogP contribution in [0.1, 0.15) is 32.9 Å². The number of hydrogen-bond donors (Lipinski definition) is 2. The molecule has 0 radical (unpaired) electrons. The summed E-state index contributed by atoms with van der Waals surface area (Å²) < 4.78 is 5.24. The molecule has 4 heteroatoms. The minimum Gasteiger partial charge on any atom is -0.497 e. The molecule has 2 N–H and O–H groups in total. The van der Waals surface area contributed by atoms with Crippen molar-refractivity contribution in [1.29, 1.82) is 0 Å². The van der Waals surface area contributed by atoms with Crippen molar-refractivity contribution in [3.05, 3.63) is 107 Å². The number of fused-ring (bicyclic) bond motifs is 2. The van der Waals surface area contributed by atoms with Crippen molar-refractivity contribution >= 4 is 33.2 Å².